The van der Waals surface area contributed by atoms with Crippen LogP contribution >= 0.6 is 0 Å². The van der Waals surface area contributed by atoms with Gasteiger partial charge in [-0.3, -0.25) is 4.79 Å². The molecule has 0 aliphatic rings. The van der Waals surface area contributed by atoms with Crippen molar-refractivity contribution in [2.24, 2.45) is 0 Å². The molecule has 100 valence electrons. The van der Waals surface area contributed by atoms with E-state index in [1.54, 1.807) is 6.26 Å². The molecular weight excluding hydrogens is 244 g/mol. The van der Waals surface area contributed by atoms with Gasteiger partial charge in [-0.2, -0.15) is 0 Å². The van der Waals surface area contributed by atoms with Crippen LogP contribution in [0.15, 0.2) is 34.9 Å². The Bertz CT molecular complexity index is 563. The number of aryl methyl sites for hydroxylation is 1. The predicted molar refractivity (Wildman–Crippen MR) is 71.5 cm³/mol. The number of hydrogen-bond acceptors (Lipinski definition) is 4. The molecule has 1 heterocycles. The lowest BCUT2D eigenvalue weighted by Gasteiger charge is -1.99. The van der Waals surface area contributed by atoms with Crippen LogP contribution in [0.2, 0.25) is 0 Å². The Morgan fingerprint density at radius 2 is 2.11 bits per heavy atom. The SMILES string of the molecule is Nc1ccccc1-c1coc(CCCCC(=O)O)n1. The molecule has 0 atom stereocenters. The minimum absolute atomic E-state index is 0.180. The summed E-state index contributed by atoms with van der Waals surface area (Å²) in [5.41, 5.74) is 8.09. The van der Waals surface area contributed by atoms with Crippen LogP contribution < -0.4 is 5.73 Å². The molecule has 2 aromatic rings. The smallest absolute Gasteiger partial charge is 0.303 e. The number of hydrogen-bond donors (Lipinski definition) is 2. The van der Waals surface area contributed by atoms with Crippen molar-refractivity contribution in [3.63, 3.8) is 0 Å². The summed E-state index contributed by atoms with van der Waals surface area (Å²) >= 11 is 0. The fourth-order valence-electron chi connectivity index (χ4n) is 1.83. The number of oxazole rings is 1. The second-order valence-electron chi connectivity index (χ2n) is 4.31. The highest BCUT2D eigenvalue weighted by Gasteiger charge is 2.08. The molecular formula is C14H16N2O3. The zero-order chi connectivity index (χ0) is 13.7. The van der Waals surface area contributed by atoms with Gasteiger partial charge in [-0.15, -0.1) is 0 Å². The van der Waals surface area contributed by atoms with Gasteiger partial charge in [0.15, 0.2) is 5.89 Å². The number of rotatable bonds is 6. The van der Waals surface area contributed by atoms with Crippen molar-refractivity contribution in [3.05, 3.63) is 36.4 Å². The molecule has 0 amide bonds. The van der Waals surface area contributed by atoms with Gasteiger partial charge in [-0.25, -0.2) is 4.98 Å². The lowest BCUT2D eigenvalue weighted by molar-refractivity contribution is -0.137. The number of benzene rings is 1. The molecule has 19 heavy (non-hydrogen) atoms. The predicted octanol–water partition coefficient (Wildman–Crippen LogP) is 2.72. The number of nitrogen functional groups attached to an aromatic ring is 1. The molecule has 3 N–H and O–H groups in total. The van der Waals surface area contributed by atoms with Crippen molar-refractivity contribution in [2.45, 2.75) is 25.7 Å². The van der Waals surface area contributed by atoms with E-state index in [0.29, 0.717) is 30.1 Å². The Hall–Kier alpha value is -2.30. The van der Waals surface area contributed by atoms with Crippen LogP contribution in [-0.2, 0) is 11.2 Å². The Labute approximate surface area is 111 Å². The van der Waals surface area contributed by atoms with E-state index in [1.165, 1.54) is 0 Å². The minimum Gasteiger partial charge on any atom is -0.481 e. The molecule has 0 spiro atoms. The first-order valence-electron chi connectivity index (χ1n) is 6.18. The van der Waals surface area contributed by atoms with E-state index in [-0.39, 0.29) is 6.42 Å². The zero-order valence-electron chi connectivity index (χ0n) is 10.5. The van der Waals surface area contributed by atoms with Crippen molar-refractivity contribution in [1.29, 1.82) is 0 Å². The average Bonchev–Trinajstić information content (AvgIpc) is 2.83. The van der Waals surface area contributed by atoms with E-state index in [2.05, 4.69) is 4.98 Å². The number of nitrogens with zero attached hydrogens (tertiary/aromatic N) is 1. The molecule has 1 aromatic carbocycles. The van der Waals surface area contributed by atoms with E-state index in [9.17, 15) is 4.79 Å². The van der Waals surface area contributed by atoms with Gasteiger partial charge in [0.05, 0.1) is 0 Å². The van der Waals surface area contributed by atoms with Gasteiger partial charge in [0.2, 0.25) is 0 Å². The van der Waals surface area contributed by atoms with E-state index in [4.69, 9.17) is 15.3 Å². The maximum absolute atomic E-state index is 10.4. The molecule has 2 rings (SSSR count). The van der Waals surface area contributed by atoms with Crippen LogP contribution in [0.25, 0.3) is 11.3 Å². The summed E-state index contributed by atoms with van der Waals surface area (Å²) in [6.45, 7) is 0. The fraction of sp³-hybridized carbons (Fsp3) is 0.286. The van der Waals surface area contributed by atoms with E-state index >= 15 is 0 Å². The molecule has 5 nitrogen and oxygen atoms in total. The number of carbonyl (C=O) groups is 1. The molecule has 5 heteroatoms. The summed E-state index contributed by atoms with van der Waals surface area (Å²) < 4.78 is 5.37. The third-order valence-corrected chi connectivity index (χ3v) is 2.82. The first-order chi connectivity index (χ1) is 9.16. The van der Waals surface area contributed by atoms with Gasteiger partial charge in [0.25, 0.3) is 0 Å². The highest BCUT2D eigenvalue weighted by atomic mass is 16.4. The normalized spacial score (nSPS) is 10.5. The number of para-hydroxylation sites is 1. The Morgan fingerprint density at radius 1 is 1.32 bits per heavy atom. The molecule has 0 bridgehead atoms. The third kappa shape index (κ3) is 3.58. The minimum atomic E-state index is -0.773. The molecule has 0 saturated carbocycles. The molecule has 0 fully saturated rings. The first-order valence-corrected chi connectivity index (χ1v) is 6.18. The van der Waals surface area contributed by atoms with Gasteiger partial charge in [0, 0.05) is 24.1 Å². The number of anilines is 1. The lowest BCUT2D eigenvalue weighted by Crippen LogP contribution is -1.95. The largest absolute Gasteiger partial charge is 0.481 e. The molecule has 0 aliphatic carbocycles. The number of unbranched alkanes of at least 4 members (excludes halogenated alkanes) is 1. The van der Waals surface area contributed by atoms with Crippen LogP contribution in [0, 0.1) is 0 Å². The number of aromatic nitrogens is 1. The summed E-state index contributed by atoms with van der Waals surface area (Å²) in [4.78, 5) is 14.7. The van der Waals surface area contributed by atoms with Crippen LogP contribution in [-0.4, -0.2) is 16.1 Å². The van der Waals surface area contributed by atoms with Crippen LogP contribution in [0.4, 0.5) is 5.69 Å². The zero-order valence-corrected chi connectivity index (χ0v) is 10.5. The van der Waals surface area contributed by atoms with Crippen molar-refractivity contribution < 1.29 is 14.3 Å². The number of carboxylic acid groups (broad SMARTS) is 1. The average molecular weight is 260 g/mol. The summed E-state index contributed by atoms with van der Waals surface area (Å²) in [6, 6.07) is 7.47. The highest BCUT2D eigenvalue weighted by molar-refractivity contribution is 5.72. The maximum Gasteiger partial charge on any atom is 0.303 e. The first kappa shape index (κ1) is 13.1. The standard InChI is InChI=1S/C14H16N2O3/c15-11-6-2-1-5-10(11)12-9-19-13(16-12)7-3-4-8-14(17)18/h1-2,5-6,9H,3-4,7-8,15H2,(H,17,18). The molecule has 0 unspecified atom stereocenters. The fourth-order valence-corrected chi connectivity index (χ4v) is 1.83. The van der Waals surface area contributed by atoms with Gasteiger partial charge >= 0.3 is 5.97 Å². The molecule has 0 saturated heterocycles. The monoisotopic (exact) mass is 260 g/mol. The highest BCUT2D eigenvalue weighted by Crippen LogP contribution is 2.24. The van der Waals surface area contributed by atoms with Crippen LogP contribution in [0.3, 0.4) is 0 Å². The summed E-state index contributed by atoms with van der Waals surface area (Å²) in [6.07, 6.45) is 3.77. The van der Waals surface area contributed by atoms with Crippen molar-refractivity contribution >= 4 is 11.7 Å². The number of carboxylic acids is 1. The van der Waals surface area contributed by atoms with Gasteiger partial charge in [0.1, 0.15) is 12.0 Å². The van der Waals surface area contributed by atoms with Gasteiger partial charge in [-0.1, -0.05) is 18.2 Å². The molecule has 1 aromatic heterocycles. The topological polar surface area (TPSA) is 89.3 Å². The van der Waals surface area contributed by atoms with E-state index in [0.717, 1.165) is 12.0 Å². The van der Waals surface area contributed by atoms with Crippen molar-refractivity contribution in [1.82, 2.24) is 4.98 Å². The van der Waals surface area contributed by atoms with Crippen molar-refractivity contribution in [3.8, 4) is 11.3 Å². The number of aliphatic carboxylic acids is 1. The second-order valence-corrected chi connectivity index (χ2v) is 4.31. The second kappa shape index (κ2) is 6.04. The third-order valence-electron chi connectivity index (χ3n) is 2.82. The van der Waals surface area contributed by atoms with E-state index in [1.807, 2.05) is 24.3 Å². The van der Waals surface area contributed by atoms with Crippen molar-refractivity contribution in [2.75, 3.05) is 5.73 Å². The molecule has 0 aliphatic heterocycles. The molecule has 0 radical (unpaired) electrons. The Balaban J connectivity index is 1.96. The summed E-state index contributed by atoms with van der Waals surface area (Å²) in [5, 5.41) is 8.54. The quantitative estimate of drug-likeness (QED) is 0.615. The van der Waals surface area contributed by atoms with Crippen LogP contribution in [0.1, 0.15) is 25.2 Å². The van der Waals surface area contributed by atoms with E-state index < -0.39 is 5.97 Å². The number of nitrogens with two attached hydrogens (primary N) is 1. The maximum atomic E-state index is 10.4. The Morgan fingerprint density at radius 3 is 2.84 bits per heavy atom. The Kier molecular flexibility index (Phi) is 4.18. The summed E-state index contributed by atoms with van der Waals surface area (Å²) in [5.74, 6) is -0.159. The van der Waals surface area contributed by atoms with Crippen LogP contribution in [0.5, 0.6) is 0 Å². The lowest BCUT2D eigenvalue weighted by atomic mass is 10.1. The van der Waals surface area contributed by atoms with Gasteiger partial charge in [-0.05, 0) is 18.9 Å². The summed E-state index contributed by atoms with van der Waals surface area (Å²) in [7, 11) is 0. The van der Waals surface area contributed by atoms with Gasteiger partial charge < -0.3 is 15.3 Å².